The second kappa shape index (κ2) is 7.15. The van der Waals surface area contributed by atoms with Gasteiger partial charge in [0.1, 0.15) is 0 Å². The average Bonchev–Trinajstić information content (AvgIpc) is 2.89. The van der Waals surface area contributed by atoms with Crippen molar-refractivity contribution in [3.63, 3.8) is 0 Å². The smallest absolute Gasteiger partial charge is 0.313 e. The number of carboxylic acid groups (broad SMARTS) is 1. The molecule has 0 atom stereocenters. The lowest BCUT2D eigenvalue weighted by Gasteiger charge is -2.32. The van der Waals surface area contributed by atoms with Gasteiger partial charge in [-0.1, -0.05) is 31.0 Å². The van der Waals surface area contributed by atoms with Crippen LogP contribution in [-0.4, -0.2) is 44.7 Å². The van der Waals surface area contributed by atoms with Crippen molar-refractivity contribution in [3.05, 3.63) is 0 Å². The van der Waals surface area contributed by atoms with Gasteiger partial charge in [-0.2, -0.15) is 0 Å². The Balaban J connectivity index is 2.19. The number of anilines is 1. The first-order chi connectivity index (χ1) is 10.0. The summed E-state index contributed by atoms with van der Waals surface area (Å²) in [5.74, 6) is 0.0307. The summed E-state index contributed by atoms with van der Waals surface area (Å²) in [5, 5.41) is 18.0. The minimum Gasteiger partial charge on any atom is -0.481 e. The van der Waals surface area contributed by atoms with Gasteiger partial charge in [-0.05, 0) is 26.7 Å². The zero-order valence-electron chi connectivity index (χ0n) is 12.9. The second-order valence-corrected chi connectivity index (χ2v) is 6.77. The van der Waals surface area contributed by atoms with Crippen LogP contribution in [0.5, 0.6) is 0 Å². The molecule has 0 aromatic carbocycles. The number of nitrogens with zero attached hydrogens (tertiary/aromatic N) is 4. The SMILES string of the molecule is CC(C)n1c(SCC(=O)O)nnc1N(C)C1CCCCC1. The molecule has 0 radical (unpaired) electrons. The minimum absolute atomic E-state index is 0.0119. The molecule has 0 bridgehead atoms. The predicted molar refractivity (Wildman–Crippen MR) is 84.0 cm³/mol. The molecule has 7 heteroatoms. The quantitative estimate of drug-likeness (QED) is 0.814. The summed E-state index contributed by atoms with van der Waals surface area (Å²) in [6.07, 6.45) is 6.25. The van der Waals surface area contributed by atoms with Crippen molar-refractivity contribution in [2.75, 3.05) is 17.7 Å². The van der Waals surface area contributed by atoms with Gasteiger partial charge in [0.25, 0.3) is 0 Å². The summed E-state index contributed by atoms with van der Waals surface area (Å²) >= 11 is 1.23. The van der Waals surface area contributed by atoms with Crippen LogP contribution in [-0.2, 0) is 4.79 Å². The fourth-order valence-corrected chi connectivity index (χ4v) is 3.60. The van der Waals surface area contributed by atoms with E-state index < -0.39 is 5.97 Å². The van der Waals surface area contributed by atoms with E-state index in [1.807, 2.05) is 4.57 Å². The molecule has 1 N–H and O–H groups in total. The highest BCUT2D eigenvalue weighted by Gasteiger charge is 2.25. The number of aromatic nitrogens is 3. The molecule has 0 aliphatic heterocycles. The van der Waals surface area contributed by atoms with E-state index in [4.69, 9.17) is 5.11 Å². The normalized spacial score (nSPS) is 16.4. The van der Waals surface area contributed by atoms with Gasteiger partial charge in [-0.25, -0.2) is 0 Å². The zero-order chi connectivity index (χ0) is 15.4. The first-order valence-electron chi connectivity index (χ1n) is 7.53. The third-order valence-electron chi connectivity index (χ3n) is 3.93. The first kappa shape index (κ1) is 16.1. The molecule has 0 saturated heterocycles. The maximum absolute atomic E-state index is 10.8. The number of carbonyl (C=O) groups is 1. The molecule has 1 saturated carbocycles. The Morgan fingerprint density at radius 1 is 1.38 bits per heavy atom. The molecular weight excluding hydrogens is 288 g/mol. The topological polar surface area (TPSA) is 71.2 Å². The molecule has 1 aromatic heterocycles. The zero-order valence-corrected chi connectivity index (χ0v) is 13.8. The Labute approximate surface area is 129 Å². The van der Waals surface area contributed by atoms with Crippen LogP contribution in [0, 0.1) is 0 Å². The summed E-state index contributed by atoms with van der Waals surface area (Å²) in [6.45, 7) is 4.15. The van der Waals surface area contributed by atoms with Crippen molar-refractivity contribution in [1.82, 2.24) is 14.8 Å². The molecular formula is C14H24N4O2S. The van der Waals surface area contributed by atoms with Crippen molar-refractivity contribution in [3.8, 4) is 0 Å². The fourth-order valence-electron chi connectivity index (χ4n) is 2.82. The van der Waals surface area contributed by atoms with Gasteiger partial charge in [0, 0.05) is 19.1 Å². The number of aliphatic carboxylic acids is 1. The van der Waals surface area contributed by atoms with E-state index in [1.54, 1.807) is 0 Å². The van der Waals surface area contributed by atoms with Gasteiger partial charge in [0.05, 0.1) is 5.75 Å². The van der Waals surface area contributed by atoms with Crippen molar-refractivity contribution in [1.29, 1.82) is 0 Å². The molecule has 1 aliphatic rings. The Morgan fingerprint density at radius 3 is 2.62 bits per heavy atom. The maximum Gasteiger partial charge on any atom is 0.313 e. The molecule has 118 valence electrons. The van der Waals surface area contributed by atoms with E-state index in [1.165, 1.54) is 43.9 Å². The van der Waals surface area contributed by atoms with Crippen molar-refractivity contribution in [2.24, 2.45) is 0 Å². The predicted octanol–water partition coefficient (Wildman–Crippen LogP) is 2.80. The van der Waals surface area contributed by atoms with E-state index >= 15 is 0 Å². The molecule has 0 spiro atoms. The van der Waals surface area contributed by atoms with Gasteiger partial charge in [-0.15, -0.1) is 10.2 Å². The number of rotatable bonds is 6. The van der Waals surface area contributed by atoms with E-state index in [9.17, 15) is 4.79 Å². The van der Waals surface area contributed by atoms with Crippen LogP contribution >= 0.6 is 11.8 Å². The lowest BCUT2D eigenvalue weighted by atomic mass is 9.95. The van der Waals surface area contributed by atoms with E-state index in [0.29, 0.717) is 11.2 Å². The van der Waals surface area contributed by atoms with Gasteiger partial charge in [-0.3, -0.25) is 9.36 Å². The second-order valence-electron chi connectivity index (χ2n) is 5.83. The third-order valence-corrected chi connectivity index (χ3v) is 4.85. The first-order valence-corrected chi connectivity index (χ1v) is 8.51. The van der Waals surface area contributed by atoms with Crippen LogP contribution < -0.4 is 4.90 Å². The lowest BCUT2D eigenvalue weighted by Crippen LogP contribution is -2.35. The lowest BCUT2D eigenvalue weighted by molar-refractivity contribution is -0.133. The van der Waals surface area contributed by atoms with E-state index in [-0.39, 0.29) is 11.8 Å². The Kier molecular flexibility index (Phi) is 5.50. The average molecular weight is 312 g/mol. The highest BCUT2D eigenvalue weighted by Crippen LogP contribution is 2.30. The van der Waals surface area contributed by atoms with Crippen LogP contribution in [0.25, 0.3) is 0 Å². The van der Waals surface area contributed by atoms with Gasteiger partial charge in [0.2, 0.25) is 5.95 Å². The van der Waals surface area contributed by atoms with Crippen molar-refractivity contribution < 1.29 is 9.90 Å². The van der Waals surface area contributed by atoms with Crippen LogP contribution in [0.3, 0.4) is 0 Å². The molecule has 0 unspecified atom stereocenters. The molecule has 6 nitrogen and oxygen atoms in total. The number of thioether (sulfide) groups is 1. The van der Waals surface area contributed by atoms with Crippen molar-refractivity contribution >= 4 is 23.7 Å². The molecule has 0 amide bonds. The molecule has 1 fully saturated rings. The number of hydrogen-bond acceptors (Lipinski definition) is 5. The molecule has 21 heavy (non-hydrogen) atoms. The summed E-state index contributed by atoms with van der Waals surface area (Å²) in [5.41, 5.74) is 0. The number of hydrogen-bond donors (Lipinski definition) is 1. The van der Waals surface area contributed by atoms with Crippen LogP contribution in [0.1, 0.15) is 52.0 Å². The monoisotopic (exact) mass is 312 g/mol. The third kappa shape index (κ3) is 3.90. The summed E-state index contributed by atoms with van der Waals surface area (Å²) < 4.78 is 2.04. The van der Waals surface area contributed by atoms with Crippen molar-refractivity contribution in [2.45, 2.75) is 63.2 Å². The summed E-state index contributed by atoms with van der Waals surface area (Å²) in [7, 11) is 2.07. The Morgan fingerprint density at radius 2 is 2.05 bits per heavy atom. The molecule has 1 aromatic rings. The summed E-state index contributed by atoms with van der Waals surface area (Å²) in [6, 6.07) is 0.718. The molecule has 1 heterocycles. The van der Waals surface area contributed by atoms with Crippen LogP contribution in [0.15, 0.2) is 5.16 Å². The highest BCUT2D eigenvalue weighted by atomic mass is 32.2. The van der Waals surface area contributed by atoms with Gasteiger partial charge < -0.3 is 10.0 Å². The number of carboxylic acids is 1. The van der Waals surface area contributed by atoms with Gasteiger partial charge >= 0.3 is 5.97 Å². The molecule has 2 rings (SSSR count). The standard InChI is InChI=1S/C14H24N4O2S/c1-10(2)18-13(15-16-14(18)21-9-12(19)20)17(3)11-7-5-4-6-8-11/h10-11H,4-9H2,1-3H3,(H,19,20). The Hall–Kier alpha value is -1.24. The van der Waals surface area contributed by atoms with E-state index in [2.05, 4.69) is 36.0 Å². The fraction of sp³-hybridized carbons (Fsp3) is 0.786. The maximum atomic E-state index is 10.8. The van der Waals surface area contributed by atoms with Crippen LogP contribution in [0.2, 0.25) is 0 Å². The Bertz CT molecular complexity index is 483. The van der Waals surface area contributed by atoms with Gasteiger partial charge in [0.15, 0.2) is 5.16 Å². The van der Waals surface area contributed by atoms with E-state index in [0.717, 1.165) is 5.95 Å². The largest absolute Gasteiger partial charge is 0.481 e. The summed E-state index contributed by atoms with van der Waals surface area (Å²) in [4.78, 5) is 13.0. The van der Waals surface area contributed by atoms with Crippen LogP contribution in [0.4, 0.5) is 5.95 Å². The highest BCUT2D eigenvalue weighted by molar-refractivity contribution is 7.99. The minimum atomic E-state index is -0.833. The molecule has 1 aliphatic carbocycles.